The molecule has 0 radical (unpaired) electrons. The van der Waals surface area contributed by atoms with Crippen molar-refractivity contribution in [1.29, 1.82) is 5.26 Å². The first-order chi connectivity index (χ1) is 17.5. The van der Waals surface area contributed by atoms with Gasteiger partial charge in [0, 0.05) is 12.6 Å². The highest BCUT2D eigenvalue weighted by Crippen LogP contribution is 2.33. The number of hydrogen-bond donors (Lipinski definition) is 3. The van der Waals surface area contributed by atoms with Crippen molar-refractivity contribution in [3.63, 3.8) is 0 Å². The van der Waals surface area contributed by atoms with Crippen LogP contribution in [-0.4, -0.2) is 44.5 Å². The highest BCUT2D eigenvalue weighted by Gasteiger charge is 2.45. The maximum atomic E-state index is 12.4. The van der Waals surface area contributed by atoms with Crippen molar-refractivity contribution in [2.45, 2.75) is 122 Å². The highest BCUT2D eigenvalue weighted by molar-refractivity contribution is 5.89. The SMILES string of the molecule is CCCCCCCCCCCCCCCCC(=O)Nc1ccn([C@@H]2O[C@H](CO)[C@@H](O)[C@H]2C#N)c(=O)n1. The van der Waals surface area contributed by atoms with Crippen LogP contribution in [0, 0.1) is 17.2 Å². The molecule has 0 spiro atoms. The quantitative estimate of drug-likeness (QED) is 0.251. The monoisotopic (exact) mass is 504 g/mol. The van der Waals surface area contributed by atoms with Crippen molar-refractivity contribution >= 4 is 11.7 Å². The van der Waals surface area contributed by atoms with Crippen molar-refractivity contribution in [2.24, 2.45) is 5.92 Å². The topological polar surface area (TPSA) is 137 Å². The Morgan fingerprint density at radius 3 is 2.11 bits per heavy atom. The van der Waals surface area contributed by atoms with Gasteiger partial charge in [0.15, 0.2) is 6.23 Å². The Morgan fingerprint density at radius 2 is 1.61 bits per heavy atom. The third-order valence-electron chi connectivity index (χ3n) is 6.83. The number of unbranched alkanes of at least 4 members (excludes halogenated alkanes) is 13. The number of nitrogens with one attached hydrogen (secondary N) is 1. The van der Waals surface area contributed by atoms with Gasteiger partial charge in [-0.25, -0.2) is 4.79 Å². The molecule has 36 heavy (non-hydrogen) atoms. The van der Waals surface area contributed by atoms with Crippen LogP contribution in [0.15, 0.2) is 17.1 Å². The van der Waals surface area contributed by atoms with Crippen LogP contribution in [0.1, 0.15) is 109 Å². The third-order valence-corrected chi connectivity index (χ3v) is 6.83. The second-order valence-electron chi connectivity index (χ2n) is 9.79. The summed E-state index contributed by atoms with van der Waals surface area (Å²) in [5.41, 5.74) is -0.708. The van der Waals surface area contributed by atoms with Crippen LogP contribution in [0.5, 0.6) is 0 Å². The average Bonchev–Trinajstić information content (AvgIpc) is 3.19. The lowest BCUT2D eigenvalue weighted by Crippen LogP contribution is -2.32. The molecule has 0 aromatic carbocycles. The smallest absolute Gasteiger partial charge is 0.351 e. The summed E-state index contributed by atoms with van der Waals surface area (Å²) in [7, 11) is 0. The maximum Gasteiger partial charge on any atom is 0.351 e. The van der Waals surface area contributed by atoms with Gasteiger partial charge in [0.1, 0.15) is 23.9 Å². The minimum Gasteiger partial charge on any atom is -0.394 e. The molecule has 1 aliphatic rings. The molecule has 2 rings (SSSR count). The van der Waals surface area contributed by atoms with E-state index in [1.807, 2.05) is 6.07 Å². The lowest BCUT2D eigenvalue weighted by atomic mass is 10.0. The molecule has 9 nitrogen and oxygen atoms in total. The molecule has 1 fully saturated rings. The van der Waals surface area contributed by atoms with Crippen LogP contribution in [0.3, 0.4) is 0 Å². The fraction of sp³-hybridized carbons (Fsp3) is 0.778. The van der Waals surface area contributed by atoms with Gasteiger partial charge in [0.05, 0.1) is 12.7 Å². The predicted octanol–water partition coefficient (Wildman–Crippen LogP) is 4.44. The van der Waals surface area contributed by atoms with E-state index in [1.54, 1.807) is 0 Å². The molecule has 0 saturated carbocycles. The van der Waals surface area contributed by atoms with Crippen LogP contribution in [-0.2, 0) is 9.53 Å². The van der Waals surface area contributed by atoms with Crippen molar-refractivity contribution in [3.8, 4) is 6.07 Å². The van der Waals surface area contributed by atoms with Gasteiger partial charge in [-0.15, -0.1) is 0 Å². The Labute approximate surface area is 214 Å². The zero-order valence-electron chi connectivity index (χ0n) is 21.7. The number of carbonyl (C=O) groups excluding carboxylic acids is 1. The standard InChI is InChI=1S/C27H44N4O5/c1-2-3-4-5-6-7-8-9-10-11-12-13-14-15-16-24(33)29-23-17-18-31(27(35)30-23)26-21(19-28)25(34)22(20-32)36-26/h17-18,21-22,25-26,32,34H,2-16,20H2,1H3,(H,29,30,33,35)/t21-,22-,25+,26-/m1/s1. The molecule has 202 valence electrons. The largest absolute Gasteiger partial charge is 0.394 e. The summed E-state index contributed by atoms with van der Waals surface area (Å²) < 4.78 is 6.55. The van der Waals surface area contributed by atoms with Crippen molar-refractivity contribution in [1.82, 2.24) is 9.55 Å². The molecular weight excluding hydrogens is 460 g/mol. The lowest BCUT2D eigenvalue weighted by molar-refractivity contribution is -0.116. The second kappa shape index (κ2) is 17.2. The first-order valence-corrected chi connectivity index (χ1v) is 13.7. The number of nitrogens with zero attached hydrogens (tertiary/aromatic N) is 3. The van der Waals surface area contributed by atoms with Crippen molar-refractivity contribution in [3.05, 3.63) is 22.7 Å². The normalized spacial score (nSPS) is 21.4. The number of nitriles is 1. The molecule has 1 saturated heterocycles. The van der Waals surface area contributed by atoms with Crippen LogP contribution in [0.4, 0.5) is 5.82 Å². The second-order valence-corrected chi connectivity index (χ2v) is 9.79. The van der Waals surface area contributed by atoms with E-state index in [4.69, 9.17) is 4.74 Å². The van der Waals surface area contributed by atoms with E-state index in [0.717, 1.165) is 23.8 Å². The maximum absolute atomic E-state index is 12.4. The minimum atomic E-state index is -1.21. The summed E-state index contributed by atoms with van der Waals surface area (Å²) >= 11 is 0. The van der Waals surface area contributed by atoms with Gasteiger partial charge in [-0.05, 0) is 12.5 Å². The third kappa shape index (κ3) is 10.00. The lowest BCUT2D eigenvalue weighted by Gasteiger charge is -2.16. The van der Waals surface area contributed by atoms with Crippen LogP contribution < -0.4 is 11.0 Å². The number of aliphatic hydroxyl groups excluding tert-OH is 2. The number of anilines is 1. The summed E-state index contributed by atoms with van der Waals surface area (Å²) in [5, 5.41) is 31.3. The van der Waals surface area contributed by atoms with Gasteiger partial charge in [-0.2, -0.15) is 10.2 Å². The van der Waals surface area contributed by atoms with Gasteiger partial charge < -0.3 is 20.3 Å². The molecule has 1 aromatic rings. The number of rotatable bonds is 18. The Balaban J connectivity index is 1.58. The average molecular weight is 505 g/mol. The molecule has 2 heterocycles. The van der Waals surface area contributed by atoms with Gasteiger partial charge in [-0.1, -0.05) is 90.4 Å². The number of ether oxygens (including phenoxy) is 1. The van der Waals surface area contributed by atoms with Gasteiger partial charge in [-0.3, -0.25) is 9.36 Å². The van der Waals surface area contributed by atoms with Gasteiger partial charge in [0.25, 0.3) is 0 Å². The van der Waals surface area contributed by atoms with E-state index >= 15 is 0 Å². The molecule has 3 N–H and O–H groups in total. The molecule has 9 heteroatoms. The zero-order chi connectivity index (χ0) is 26.2. The molecule has 0 unspecified atom stereocenters. The minimum absolute atomic E-state index is 0.136. The Bertz CT molecular complexity index is 868. The number of hydrogen-bond acceptors (Lipinski definition) is 7. The Hall–Kier alpha value is -2.28. The number of carbonyl (C=O) groups is 1. The molecule has 4 atom stereocenters. The predicted molar refractivity (Wildman–Crippen MR) is 138 cm³/mol. The first-order valence-electron chi connectivity index (χ1n) is 13.7. The van der Waals surface area contributed by atoms with Crippen LogP contribution in [0.25, 0.3) is 0 Å². The van der Waals surface area contributed by atoms with E-state index in [-0.39, 0.29) is 11.7 Å². The number of aromatic nitrogens is 2. The summed E-state index contributed by atoms with van der Waals surface area (Å²) in [6.07, 6.45) is 16.1. The van der Waals surface area contributed by atoms with E-state index in [0.29, 0.717) is 6.42 Å². The van der Waals surface area contributed by atoms with Crippen LogP contribution in [0.2, 0.25) is 0 Å². The molecular formula is C27H44N4O5. The first kappa shape index (κ1) is 29.9. The molecule has 1 aromatic heterocycles. The van der Waals surface area contributed by atoms with Crippen molar-refractivity contribution in [2.75, 3.05) is 11.9 Å². The van der Waals surface area contributed by atoms with E-state index in [2.05, 4.69) is 17.2 Å². The molecule has 0 aliphatic carbocycles. The Morgan fingerprint density at radius 1 is 1.06 bits per heavy atom. The summed E-state index contributed by atoms with van der Waals surface area (Å²) in [6.45, 7) is 1.78. The number of aliphatic hydroxyl groups is 2. The fourth-order valence-corrected chi connectivity index (χ4v) is 4.64. The molecule has 0 bridgehead atoms. The highest BCUT2D eigenvalue weighted by atomic mass is 16.5. The zero-order valence-corrected chi connectivity index (χ0v) is 21.7. The summed E-state index contributed by atoms with van der Waals surface area (Å²) in [5.74, 6) is -1.07. The van der Waals surface area contributed by atoms with Gasteiger partial charge >= 0.3 is 5.69 Å². The molecule has 1 aliphatic heterocycles. The fourth-order valence-electron chi connectivity index (χ4n) is 4.64. The Kier molecular flexibility index (Phi) is 14.3. The van der Waals surface area contributed by atoms with Crippen LogP contribution >= 0.6 is 0 Å². The van der Waals surface area contributed by atoms with Gasteiger partial charge in [0.2, 0.25) is 5.91 Å². The number of amides is 1. The van der Waals surface area contributed by atoms with E-state index in [9.17, 15) is 25.1 Å². The molecule has 1 amide bonds. The summed E-state index contributed by atoms with van der Waals surface area (Å²) in [6, 6.07) is 3.38. The van der Waals surface area contributed by atoms with Crippen molar-refractivity contribution < 1.29 is 19.7 Å². The van der Waals surface area contributed by atoms with E-state index < -0.39 is 36.7 Å². The van der Waals surface area contributed by atoms with E-state index in [1.165, 1.54) is 82.9 Å². The summed E-state index contributed by atoms with van der Waals surface area (Å²) in [4.78, 5) is 28.5.